The molecule has 1 amide bonds. The van der Waals surface area contributed by atoms with Gasteiger partial charge in [0.05, 0.1) is 24.5 Å². The minimum absolute atomic E-state index is 0.194. The SMILES string of the molecule is CC#Cc1cc(C(=O)N[C@@H](CCl)C(C)n2nccn2)c(C)cc1-c1ccc(F)cc1N. The molecule has 0 radical (unpaired) electrons. The molecule has 1 heterocycles. The van der Waals surface area contributed by atoms with E-state index in [9.17, 15) is 9.18 Å². The number of alkyl halides is 1. The van der Waals surface area contributed by atoms with Gasteiger partial charge in [-0.2, -0.15) is 15.0 Å². The van der Waals surface area contributed by atoms with Crippen molar-refractivity contribution in [2.45, 2.75) is 32.9 Å². The number of nitrogens with one attached hydrogen (secondary N) is 1. The van der Waals surface area contributed by atoms with E-state index in [0.717, 1.165) is 11.1 Å². The maximum Gasteiger partial charge on any atom is 0.251 e. The molecule has 2 atom stereocenters. The molecule has 3 rings (SSSR count). The molecule has 0 spiro atoms. The van der Waals surface area contributed by atoms with Gasteiger partial charge in [-0.05, 0) is 62.2 Å². The van der Waals surface area contributed by atoms with Gasteiger partial charge >= 0.3 is 0 Å². The highest BCUT2D eigenvalue weighted by Gasteiger charge is 2.23. The maximum absolute atomic E-state index is 13.5. The van der Waals surface area contributed by atoms with Crippen molar-refractivity contribution in [1.82, 2.24) is 20.3 Å². The van der Waals surface area contributed by atoms with Gasteiger partial charge in [-0.15, -0.1) is 17.5 Å². The van der Waals surface area contributed by atoms with Crippen molar-refractivity contribution in [1.29, 1.82) is 0 Å². The summed E-state index contributed by atoms with van der Waals surface area (Å²) in [7, 11) is 0. The van der Waals surface area contributed by atoms with Crippen LogP contribution in [0.15, 0.2) is 42.7 Å². The predicted octanol–water partition coefficient (Wildman–Crippen LogP) is 3.94. The Balaban J connectivity index is 1.96. The number of nitrogens with two attached hydrogens (primary N) is 1. The summed E-state index contributed by atoms with van der Waals surface area (Å²) in [6.07, 6.45) is 3.15. The van der Waals surface area contributed by atoms with Crippen molar-refractivity contribution < 1.29 is 9.18 Å². The highest BCUT2D eigenvalue weighted by atomic mass is 35.5. The molecule has 0 saturated carbocycles. The molecule has 6 nitrogen and oxygen atoms in total. The number of aryl methyl sites for hydroxylation is 1. The Labute approximate surface area is 185 Å². The van der Waals surface area contributed by atoms with Gasteiger partial charge in [0.2, 0.25) is 0 Å². The molecule has 8 heteroatoms. The van der Waals surface area contributed by atoms with Crippen LogP contribution in [0, 0.1) is 24.6 Å². The summed E-state index contributed by atoms with van der Waals surface area (Å²) in [6, 6.07) is 7.18. The normalized spacial score (nSPS) is 12.5. The average Bonchev–Trinajstić information content (AvgIpc) is 3.27. The molecular weight excluding hydrogens is 417 g/mol. The van der Waals surface area contributed by atoms with Gasteiger partial charge in [-0.25, -0.2) is 4.39 Å². The zero-order valence-corrected chi connectivity index (χ0v) is 18.2. The smallest absolute Gasteiger partial charge is 0.251 e. The molecule has 0 aliphatic rings. The quantitative estimate of drug-likeness (QED) is 0.346. The number of nitrogens with zero attached hydrogens (tertiary/aromatic N) is 3. The van der Waals surface area contributed by atoms with Crippen LogP contribution < -0.4 is 11.1 Å². The molecule has 160 valence electrons. The molecule has 0 aliphatic heterocycles. The molecule has 1 unspecified atom stereocenters. The van der Waals surface area contributed by atoms with Crippen molar-refractivity contribution in [3.63, 3.8) is 0 Å². The highest BCUT2D eigenvalue weighted by molar-refractivity contribution is 6.18. The molecule has 31 heavy (non-hydrogen) atoms. The maximum atomic E-state index is 13.5. The Morgan fingerprint density at radius 3 is 2.58 bits per heavy atom. The van der Waals surface area contributed by atoms with Crippen LogP contribution in [-0.2, 0) is 0 Å². The predicted molar refractivity (Wildman–Crippen MR) is 120 cm³/mol. The molecule has 3 aromatic rings. The number of nitrogen functional groups attached to an aromatic ring is 1. The number of anilines is 1. The third-order valence-electron chi connectivity index (χ3n) is 5.04. The highest BCUT2D eigenvalue weighted by Crippen LogP contribution is 2.31. The Morgan fingerprint density at radius 1 is 1.26 bits per heavy atom. The van der Waals surface area contributed by atoms with Crippen molar-refractivity contribution >= 4 is 23.2 Å². The fraction of sp³-hybridized carbons (Fsp3) is 0.261. The second-order valence-corrected chi connectivity index (χ2v) is 7.45. The number of hydrogen-bond acceptors (Lipinski definition) is 4. The standard InChI is InChI=1S/C23H23ClFN5O/c1-4-5-16-11-19(14(2)10-20(16)18-7-6-17(25)12-21(18)26)23(31)29-22(13-24)15(3)30-27-8-9-28-30/h6-12,15,22H,13,26H2,1-3H3,(H,29,31)/t15?,22-/m0/s1. The van der Waals surface area contributed by atoms with E-state index in [1.165, 1.54) is 16.9 Å². The fourth-order valence-corrected chi connectivity index (χ4v) is 3.66. The molecule has 1 aromatic heterocycles. The van der Waals surface area contributed by atoms with E-state index in [1.54, 1.807) is 31.5 Å². The minimum Gasteiger partial charge on any atom is -0.398 e. The van der Waals surface area contributed by atoms with Crippen molar-refractivity contribution in [2.75, 3.05) is 11.6 Å². The summed E-state index contributed by atoms with van der Waals surface area (Å²) in [6.45, 7) is 5.42. The van der Waals surface area contributed by atoms with E-state index in [4.69, 9.17) is 17.3 Å². The van der Waals surface area contributed by atoms with Crippen LogP contribution in [-0.4, -0.2) is 32.8 Å². The van der Waals surface area contributed by atoms with Gasteiger partial charge in [0.15, 0.2) is 0 Å². The lowest BCUT2D eigenvalue weighted by molar-refractivity contribution is 0.0926. The lowest BCUT2D eigenvalue weighted by Gasteiger charge is -2.23. The molecule has 0 fully saturated rings. The largest absolute Gasteiger partial charge is 0.398 e. The van der Waals surface area contributed by atoms with Crippen molar-refractivity contribution in [3.05, 3.63) is 65.2 Å². The van der Waals surface area contributed by atoms with Gasteiger partial charge in [0, 0.05) is 28.3 Å². The van der Waals surface area contributed by atoms with E-state index < -0.39 is 5.82 Å². The monoisotopic (exact) mass is 439 g/mol. The Hall–Kier alpha value is -3.37. The van der Waals surface area contributed by atoms with E-state index in [0.29, 0.717) is 22.4 Å². The first-order chi connectivity index (χ1) is 14.8. The van der Waals surface area contributed by atoms with Crippen molar-refractivity contribution in [3.8, 4) is 23.0 Å². The first kappa shape index (κ1) is 22.3. The third-order valence-corrected chi connectivity index (χ3v) is 5.37. The van der Waals surface area contributed by atoms with E-state index in [-0.39, 0.29) is 23.9 Å². The number of aromatic nitrogens is 3. The van der Waals surface area contributed by atoms with Crippen molar-refractivity contribution in [2.24, 2.45) is 0 Å². The molecule has 0 aliphatic carbocycles. The Bertz CT molecular complexity index is 1150. The first-order valence-electron chi connectivity index (χ1n) is 9.71. The molecular formula is C23H23ClFN5O. The summed E-state index contributed by atoms with van der Waals surface area (Å²) >= 11 is 6.12. The number of rotatable bonds is 6. The van der Waals surface area contributed by atoms with Crippen LogP contribution in [0.3, 0.4) is 0 Å². The van der Waals surface area contributed by atoms with Crippen LogP contribution >= 0.6 is 11.6 Å². The molecule has 2 aromatic carbocycles. The molecule has 0 saturated heterocycles. The second kappa shape index (κ2) is 9.63. The lowest BCUT2D eigenvalue weighted by atomic mass is 9.93. The summed E-state index contributed by atoms with van der Waals surface area (Å²) < 4.78 is 13.5. The average molecular weight is 440 g/mol. The Morgan fingerprint density at radius 2 is 1.97 bits per heavy atom. The van der Waals surface area contributed by atoms with E-state index in [2.05, 4.69) is 27.4 Å². The second-order valence-electron chi connectivity index (χ2n) is 7.14. The van der Waals surface area contributed by atoms with Gasteiger partial charge in [0.1, 0.15) is 5.82 Å². The van der Waals surface area contributed by atoms with Crippen LogP contribution in [0.5, 0.6) is 0 Å². The summed E-state index contributed by atoms with van der Waals surface area (Å²) in [5.41, 5.74) is 9.56. The third kappa shape index (κ3) is 4.86. The number of halogens is 2. The van der Waals surface area contributed by atoms with Crippen LogP contribution in [0.25, 0.3) is 11.1 Å². The zero-order valence-electron chi connectivity index (χ0n) is 17.5. The summed E-state index contributed by atoms with van der Waals surface area (Å²) in [5, 5.41) is 11.2. The van der Waals surface area contributed by atoms with E-state index in [1.807, 2.05) is 19.9 Å². The summed E-state index contributed by atoms with van der Waals surface area (Å²) in [4.78, 5) is 14.6. The number of amides is 1. The van der Waals surface area contributed by atoms with Crippen LogP contribution in [0.1, 0.15) is 41.4 Å². The lowest BCUT2D eigenvalue weighted by Crippen LogP contribution is -2.42. The van der Waals surface area contributed by atoms with Crippen LogP contribution in [0.2, 0.25) is 0 Å². The van der Waals surface area contributed by atoms with Gasteiger partial charge < -0.3 is 11.1 Å². The molecule has 3 N–H and O–H groups in total. The fourth-order valence-electron chi connectivity index (χ4n) is 3.32. The number of carbonyl (C=O) groups excluding carboxylic acids is 1. The topological polar surface area (TPSA) is 85.8 Å². The first-order valence-corrected chi connectivity index (χ1v) is 10.2. The number of benzene rings is 2. The van der Waals surface area contributed by atoms with E-state index >= 15 is 0 Å². The minimum atomic E-state index is -0.412. The Kier molecular flexibility index (Phi) is 6.93. The number of hydrogen-bond donors (Lipinski definition) is 2. The molecule has 0 bridgehead atoms. The van der Waals surface area contributed by atoms with Gasteiger partial charge in [-0.3, -0.25) is 4.79 Å². The van der Waals surface area contributed by atoms with Crippen LogP contribution in [0.4, 0.5) is 10.1 Å². The summed E-state index contributed by atoms with van der Waals surface area (Å²) in [5.74, 6) is 5.39. The number of carbonyl (C=O) groups is 1. The van der Waals surface area contributed by atoms with Gasteiger partial charge in [0.25, 0.3) is 5.91 Å². The van der Waals surface area contributed by atoms with Gasteiger partial charge in [-0.1, -0.05) is 5.92 Å². The zero-order chi connectivity index (χ0) is 22.5.